The molecule has 1 saturated heterocycles. The number of likely N-dealkylation sites (tertiary alicyclic amines) is 1. The Labute approximate surface area is 131 Å². The average molecular weight is 304 g/mol. The molecule has 0 radical (unpaired) electrons. The molecule has 120 valence electrons. The van der Waals surface area contributed by atoms with Crippen LogP contribution < -0.4 is 4.90 Å². The number of rotatable bonds is 5. The summed E-state index contributed by atoms with van der Waals surface area (Å²) in [7, 11) is 3.97. The van der Waals surface area contributed by atoms with Gasteiger partial charge in [0, 0.05) is 39.3 Å². The molecule has 5 heteroatoms. The first-order chi connectivity index (χ1) is 10.3. The molecule has 2 rings (SSSR count). The van der Waals surface area contributed by atoms with Crippen molar-refractivity contribution in [1.29, 1.82) is 0 Å². The average Bonchev–Trinajstić information content (AvgIpc) is 2.89. The fourth-order valence-electron chi connectivity index (χ4n) is 2.75. The van der Waals surface area contributed by atoms with Crippen LogP contribution in [-0.4, -0.2) is 49.1 Å². The third-order valence-corrected chi connectivity index (χ3v) is 4.40. The van der Waals surface area contributed by atoms with Crippen LogP contribution >= 0.6 is 0 Å². The molecular formula is C17H24N2O3. The third kappa shape index (κ3) is 3.59. The summed E-state index contributed by atoms with van der Waals surface area (Å²) in [5.41, 5.74) is 1.45. The fraction of sp³-hybridized carbons (Fsp3) is 0.529. The second-order valence-corrected chi connectivity index (χ2v) is 6.50. The van der Waals surface area contributed by atoms with E-state index in [0.29, 0.717) is 32.4 Å². The normalized spacial score (nSPS) is 21.0. The van der Waals surface area contributed by atoms with Crippen LogP contribution in [0.25, 0.3) is 0 Å². The Morgan fingerprint density at radius 3 is 2.68 bits per heavy atom. The van der Waals surface area contributed by atoms with Gasteiger partial charge in [-0.2, -0.15) is 0 Å². The lowest BCUT2D eigenvalue weighted by Crippen LogP contribution is -2.34. The number of carbonyl (C=O) groups is 2. The van der Waals surface area contributed by atoms with Gasteiger partial charge in [-0.05, 0) is 37.5 Å². The maximum absolute atomic E-state index is 12.3. The van der Waals surface area contributed by atoms with Crippen molar-refractivity contribution in [3.05, 3.63) is 29.8 Å². The minimum absolute atomic E-state index is 0.0419. The van der Waals surface area contributed by atoms with Crippen molar-refractivity contribution < 1.29 is 14.7 Å². The predicted octanol–water partition coefficient (Wildman–Crippen LogP) is 2.01. The highest BCUT2D eigenvalue weighted by Crippen LogP contribution is 2.30. The van der Waals surface area contributed by atoms with Crippen LogP contribution in [-0.2, 0) is 16.0 Å². The molecule has 1 aromatic carbocycles. The molecule has 1 unspecified atom stereocenters. The summed E-state index contributed by atoms with van der Waals surface area (Å²) < 4.78 is 0. The first-order valence-corrected chi connectivity index (χ1v) is 7.59. The van der Waals surface area contributed by atoms with Gasteiger partial charge in [0.15, 0.2) is 0 Å². The van der Waals surface area contributed by atoms with Crippen LogP contribution in [0.1, 0.15) is 25.3 Å². The number of hydrogen-bond donors (Lipinski definition) is 1. The number of hydrogen-bond acceptors (Lipinski definition) is 3. The second kappa shape index (κ2) is 6.38. The van der Waals surface area contributed by atoms with Crippen molar-refractivity contribution in [3.63, 3.8) is 0 Å². The first-order valence-electron chi connectivity index (χ1n) is 7.59. The van der Waals surface area contributed by atoms with Crippen molar-refractivity contribution >= 4 is 17.6 Å². The molecule has 0 aliphatic carbocycles. The van der Waals surface area contributed by atoms with Gasteiger partial charge in [0.25, 0.3) is 0 Å². The van der Waals surface area contributed by atoms with Crippen LogP contribution in [0.5, 0.6) is 0 Å². The van der Waals surface area contributed by atoms with E-state index >= 15 is 0 Å². The monoisotopic (exact) mass is 304 g/mol. The Hall–Kier alpha value is -2.04. The van der Waals surface area contributed by atoms with E-state index in [1.165, 1.54) is 0 Å². The number of carboxylic acid groups (broad SMARTS) is 1. The van der Waals surface area contributed by atoms with Crippen LogP contribution in [0.2, 0.25) is 0 Å². The van der Waals surface area contributed by atoms with Gasteiger partial charge in [-0.3, -0.25) is 9.59 Å². The lowest BCUT2D eigenvalue weighted by Gasteiger charge is -2.20. The molecule has 22 heavy (non-hydrogen) atoms. The largest absolute Gasteiger partial charge is 0.481 e. The molecule has 1 atom stereocenters. The molecule has 1 aromatic rings. The number of nitrogens with zero attached hydrogens (tertiary/aromatic N) is 2. The molecule has 1 heterocycles. The quantitative estimate of drug-likeness (QED) is 0.904. The summed E-state index contributed by atoms with van der Waals surface area (Å²) in [4.78, 5) is 27.2. The molecule has 1 aliphatic rings. The Morgan fingerprint density at radius 1 is 1.36 bits per heavy atom. The molecule has 1 N–H and O–H groups in total. The van der Waals surface area contributed by atoms with E-state index < -0.39 is 11.4 Å². The molecule has 5 nitrogen and oxygen atoms in total. The molecule has 0 bridgehead atoms. The first kappa shape index (κ1) is 16.3. The Bertz CT molecular complexity index is 571. The molecule has 1 aliphatic heterocycles. The Morgan fingerprint density at radius 2 is 2.09 bits per heavy atom. The maximum Gasteiger partial charge on any atom is 0.311 e. The highest BCUT2D eigenvalue weighted by molar-refractivity contribution is 5.80. The van der Waals surface area contributed by atoms with Crippen molar-refractivity contribution in [1.82, 2.24) is 4.90 Å². The van der Waals surface area contributed by atoms with Gasteiger partial charge < -0.3 is 14.9 Å². The summed E-state index contributed by atoms with van der Waals surface area (Å²) >= 11 is 0. The Kier molecular flexibility index (Phi) is 4.74. The SMILES string of the molecule is CN(C)c1cccc(CCC(=O)N2CCC(C)(C(=O)O)C2)c1. The van der Waals surface area contributed by atoms with Crippen LogP contribution in [0.15, 0.2) is 24.3 Å². The summed E-state index contributed by atoms with van der Waals surface area (Å²) in [5, 5.41) is 9.22. The minimum Gasteiger partial charge on any atom is -0.481 e. The van der Waals surface area contributed by atoms with E-state index in [0.717, 1.165) is 11.3 Å². The van der Waals surface area contributed by atoms with Gasteiger partial charge in [-0.25, -0.2) is 0 Å². The van der Waals surface area contributed by atoms with Crippen LogP contribution in [0.3, 0.4) is 0 Å². The van der Waals surface area contributed by atoms with Gasteiger partial charge in [0.2, 0.25) is 5.91 Å². The van der Waals surface area contributed by atoms with Crippen molar-refractivity contribution in [3.8, 4) is 0 Å². The Balaban J connectivity index is 1.91. The van der Waals surface area contributed by atoms with Gasteiger partial charge >= 0.3 is 5.97 Å². The van der Waals surface area contributed by atoms with Crippen LogP contribution in [0, 0.1) is 5.41 Å². The molecule has 0 spiro atoms. The number of amides is 1. The summed E-state index contributed by atoms with van der Waals surface area (Å²) in [6, 6.07) is 8.13. The summed E-state index contributed by atoms with van der Waals surface area (Å²) in [6.45, 7) is 2.57. The van der Waals surface area contributed by atoms with E-state index in [1.807, 2.05) is 37.2 Å². The molecule has 1 amide bonds. The van der Waals surface area contributed by atoms with E-state index in [9.17, 15) is 14.7 Å². The number of benzene rings is 1. The smallest absolute Gasteiger partial charge is 0.311 e. The van der Waals surface area contributed by atoms with Gasteiger partial charge in [0.05, 0.1) is 5.41 Å². The second-order valence-electron chi connectivity index (χ2n) is 6.50. The molecule has 0 saturated carbocycles. The van der Waals surface area contributed by atoms with E-state index in [-0.39, 0.29) is 5.91 Å². The zero-order valence-corrected chi connectivity index (χ0v) is 13.5. The van der Waals surface area contributed by atoms with Crippen molar-refractivity contribution in [2.24, 2.45) is 5.41 Å². The number of anilines is 1. The number of aryl methyl sites for hydroxylation is 1. The molecule has 1 fully saturated rings. The number of carboxylic acids is 1. The zero-order chi connectivity index (χ0) is 16.3. The number of carbonyl (C=O) groups excluding carboxylic acids is 1. The summed E-state index contributed by atoms with van der Waals surface area (Å²) in [5.74, 6) is -0.776. The lowest BCUT2D eigenvalue weighted by atomic mass is 9.90. The topological polar surface area (TPSA) is 60.9 Å². The van der Waals surface area contributed by atoms with E-state index in [1.54, 1.807) is 11.8 Å². The van der Waals surface area contributed by atoms with Gasteiger partial charge in [0.1, 0.15) is 0 Å². The fourth-order valence-corrected chi connectivity index (χ4v) is 2.75. The molecular weight excluding hydrogens is 280 g/mol. The molecule has 0 aromatic heterocycles. The van der Waals surface area contributed by atoms with Gasteiger partial charge in [-0.15, -0.1) is 0 Å². The van der Waals surface area contributed by atoms with Gasteiger partial charge in [-0.1, -0.05) is 12.1 Å². The van der Waals surface area contributed by atoms with Crippen LogP contribution in [0.4, 0.5) is 5.69 Å². The predicted molar refractivity (Wildman–Crippen MR) is 86.0 cm³/mol. The third-order valence-electron chi connectivity index (χ3n) is 4.40. The minimum atomic E-state index is -0.818. The lowest BCUT2D eigenvalue weighted by molar-refractivity contribution is -0.147. The summed E-state index contributed by atoms with van der Waals surface area (Å²) in [6.07, 6.45) is 1.64. The van der Waals surface area contributed by atoms with E-state index in [2.05, 4.69) is 6.07 Å². The number of aliphatic carboxylic acids is 1. The zero-order valence-electron chi connectivity index (χ0n) is 13.5. The van der Waals surface area contributed by atoms with E-state index in [4.69, 9.17) is 0 Å². The maximum atomic E-state index is 12.3. The highest BCUT2D eigenvalue weighted by atomic mass is 16.4. The van der Waals surface area contributed by atoms with Crippen molar-refractivity contribution in [2.75, 3.05) is 32.1 Å². The standard InChI is InChI=1S/C17H24N2O3/c1-17(16(21)22)9-10-19(12-17)15(20)8-7-13-5-4-6-14(11-13)18(2)3/h4-6,11H,7-10,12H2,1-3H3,(H,21,22). The highest BCUT2D eigenvalue weighted by Gasteiger charge is 2.41. The van der Waals surface area contributed by atoms with Crippen molar-refractivity contribution in [2.45, 2.75) is 26.2 Å².